The number of hydrogen-bond acceptors (Lipinski definition) is 4. The van der Waals surface area contributed by atoms with E-state index in [1.54, 1.807) is 0 Å². The largest absolute Gasteiger partial charge is 0.486 e. The maximum Gasteiger partial charge on any atom is 0.175 e. The molecule has 21 heavy (non-hydrogen) atoms. The third kappa shape index (κ3) is 3.20. The van der Waals surface area contributed by atoms with E-state index in [-0.39, 0.29) is 6.04 Å². The van der Waals surface area contributed by atoms with Gasteiger partial charge in [-0.2, -0.15) is 0 Å². The van der Waals surface area contributed by atoms with Gasteiger partial charge in [0.2, 0.25) is 0 Å². The van der Waals surface area contributed by atoms with Gasteiger partial charge in [-0.1, -0.05) is 6.92 Å². The zero-order valence-corrected chi connectivity index (χ0v) is 14.1. The minimum atomic E-state index is 0.250. The molecule has 0 aromatic heterocycles. The van der Waals surface area contributed by atoms with Gasteiger partial charge in [0.05, 0.1) is 4.47 Å². The molecule has 1 fully saturated rings. The van der Waals surface area contributed by atoms with E-state index in [1.807, 2.05) is 0 Å². The van der Waals surface area contributed by atoms with Crippen LogP contribution in [0.15, 0.2) is 16.6 Å². The van der Waals surface area contributed by atoms with Gasteiger partial charge in [0.25, 0.3) is 0 Å². The number of rotatable bonds is 3. The van der Waals surface area contributed by atoms with E-state index in [0.29, 0.717) is 19.8 Å². The first-order valence-corrected chi connectivity index (χ1v) is 8.51. The van der Waals surface area contributed by atoms with Crippen molar-refractivity contribution in [1.29, 1.82) is 0 Å². The summed E-state index contributed by atoms with van der Waals surface area (Å²) in [6.45, 7) is 6.40. The van der Waals surface area contributed by atoms with E-state index in [2.05, 4.69) is 39.9 Å². The number of nitrogens with zero attached hydrogens (tertiary/aromatic N) is 1. The lowest BCUT2D eigenvalue weighted by molar-refractivity contribution is 0.132. The maximum absolute atomic E-state index is 6.08. The summed E-state index contributed by atoms with van der Waals surface area (Å²) in [5.41, 5.74) is 7.29. The van der Waals surface area contributed by atoms with Crippen LogP contribution in [0.4, 0.5) is 0 Å². The molecule has 2 unspecified atom stereocenters. The Morgan fingerprint density at radius 1 is 1.38 bits per heavy atom. The van der Waals surface area contributed by atoms with Crippen molar-refractivity contribution in [3.63, 3.8) is 0 Å². The summed E-state index contributed by atoms with van der Waals surface area (Å²) in [6.07, 6.45) is 2.57. The second-order valence-electron chi connectivity index (χ2n) is 6.02. The Morgan fingerprint density at radius 2 is 2.19 bits per heavy atom. The van der Waals surface area contributed by atoms with Crippen molar-refractivity contribution in [2.75, 3.05) is 32.8 Å². The van der Waals surface area contributed by atoms with Gasteiger partial charge in [-0.15, -0.1) is 0 Å². The number of ether oxygens (including phenoxy) is 2. The van der Waals surface area contributed by atoms with Crippen LogP contribution < -0.4 is 15.2 Å². The van der Waals surface area contributed by atoms with Gasteiger partial charge in [-0.3, -0.25) is 4.90 Å². The zero-order chi connectivity index (χ0) is 14.8. The first-order valence-electron chi connectivity index (χ1n) is 7.72. The predicted octanol–water partition coefficient (Wildman–Crippen LogP) is 2.95. The van der Waals surface area contributed by atoms with E-state index >= 15 is 0 Å². The molecule has 2 aliphatic rings. The summed E-state index contributed by atoms with van der Waals surface area (Å²) in [5.74, 6) is 2.38. The topological polar surface area (TPSA) is 47.7 Å². The number of nitrogens with two attached hydrogens (primary N) is 1. The van der Waals surface area contributed by atoms with Crippen molar-refractivity contribution < 1.29 is 9.47 Å². The Balaban J connectivity index is 1.88. The standard InChI is InChI=1S/C16H23BrN2O2/c1-11-3-2-4-19(10-11)14(9-18)12-7-13(17)16-15(8-12)20-5-6-21-16/h7-8,11,14H,2-6,9-10,18H2,1H3. The molecule has 0 saturated carbocycles. The number of halogens is 1. The fraction of sp³-hybridized carbons (Fsp3) is 0.625. The van der Waals surface area contributed by atoms with Crippen molar-refractivity contribution in [3.05, 3.63) is 22.2 Å². The number of fused-ring (bicyclic) bond motifs is 1. The van der Waals surface area contributed by atoms with Crippen LogP contribution in [-0.2, 0) is 0 Å². The third-order valence-electron chi connectivity index (χ3n) is 4.36. The molecule has 2 aliphatic heterocycles. The second kappa shape index (κ2) is 6.55. The van der Waals surface area contributed by atoms with Gasteiger partial charge in [-0.25, -0.2) is 0 Å². The van der Waals surface area contributed by atoms with Crippen molar-refractivity contribution in [2.24, 2.45) is 11.7 Å². The van der Waals surface area contributed by atoms with E-state index in [4.69, 9.17) is 15.2 Å². The van der Waals surface area contributed by atoms with Crippen LogP contribution in [0.1, 0.15) is 31.4 Å². The monoisotopic (exact) mass is 354 g/mol. The molecule has 4 nitrogen and oxygen atoms in total. The summed E-state index contributed by atoms with van der Waals surface area (Å²) in [7, 11) is 0. The maximum atomic E-state index is 6.08. The Hall–Kier alpha value is -0.780. The zero-order valence-electron chi connectivity index (χ0n) is 12.5. The molecular weight excluding hydrogens is 332 g/mol. The molecule has 5 heteroatoms. The molecule has 2 N–H and O–H groups in total. The highest BCUT2D eigenvalue weighted by molar-refractivity contribution is 9.10. The highest BCUT2D eigenvalue weighted by atomic mass is 79.9. The molecule has 0 spiro atoms. The van der Waals surface area contributed by atoms with Gasteiger partial charge in [0.15, 0.2) is 11.5 Å². The summed E-state index contributed by atoms with van der Waals surface area (Å²) < 4.78 is 12.4. The summed E-state index contributed by atoms with van der Waals surface area (Å²) in [4.78, 5) is 2.51. The number of likely N-dealkylation sites (tertiary alicyclic amines) is 1. The summed E-state index contributed by atoms with van der Waals surface area (Å²) in [6, 6.07) is 4.47. The normalized spacial score (nSPS) is 23.9. The number of piperidine rings is 1. The first-order chi connectivity index (χ1) is 10.2. The molecule has 0 aliphatic carbocycles. The lowest BCUT2D eigenvalue weighted by atomic mass is 9.96. The molecule has 1 aromatic rings. The minimum absolute atomic E-state index is 0.250. The average molecular weight is 355 g/mol. The average Bonchev–Trinajstić information content (AvgIpc) is 2.48. The molecule has 2 heterocycles. The SMILES string of the molecule is CC1CCCN(C(CN)c2cc(Br)c3c(c2)OCCO3)C1. The molecule has 0 amide bonds. The fourth-order valence-electron chi connectivity index (χ4n) is 3.33. The second-order valence-corrected chi connectivity index (χ2v) is 6.88. The van der Waals surface area contributed by atoms with Crippen molar-refractivity contribution in [2.45, 2.75) is 25.8 Å². The minimum Gasteiger partial charge on any atom is -0.486 e. The fourth-order valence-corrected chi connectivity index (χ4v) is 3.90. The van der Waals surface area contributed by atoms with Crippen LogP contribution in [0.3, 0.4) is 0 Å². The van der Waals surface area contributed by atoms with Crippen molar-refractivity contribution >= 4 is 15.9 Å². The van der Waals surface area contributed by atoms with E-state index in [0.717, 1.165) is 35.0 Å². The van der Waals surface area contributed by atoms with Crippen molar-refractivity contribution in [1.82, 2.24) is 4.90 Å². The molecule has 0 radical (unpaired) electrons. The van der Waals surface area contributed by atoms with Crippen LogP contribution in [-0.4, -0.2) is 37.7 Å². The van der Waals surface area contributed by atoms with E-state index in [9.17, 15) is 0 Å². The van der Waals surface area contributed by atoms with Gasteiger partial charge in [-0.05, 0) is 58.9 Å². The molecule has 1 aromatic carbocycles. The van der Waals surface area contributed by atoms with Crippen LogP contribution in [0.5, 0.6) is 11.5 Å². The van der Waals surface area contributed by atoms with Gasteiger partial charge in [0.1, 0.15) is 13.2 Å². The predicted molar refractivity (Wildman–Crippen MR) is 86.9 cm³/mol. The summed E-state index contributed by atoms with van der Waals surface area (Å²) >= 11 is 3.60. The number of benzene rings is 1. The van der Waals surface area contributed by atoms with E-state index < -0.39 is 0 Å². The molecule has 116 valence electrons. The Labute approximate surface area is 134 Å². The highest BCUT2D eigenvalue weighted by Gasteiger charge is 2.26. The van der Waals surface area contributed by atoms with Crippen LogP contribution in [0, 0.1) is 5.92 Å². The smallest absolute Gasteiger partial charge is 0.175 e. The Morgan fingerprint density at radius 3 is 2.95 bits per heavy atom. The lowest BCUT2D eigenvalue weighted by Crippen LogP contribution is -2.40. The quantitative estimate of drug-likeness (QED) is 0.906. The molecular formula is C16H23BrN2O2. The molecule has 1 saturated heterocycles. The van der Waals surface area contributed by atoms with Gasteiger partial charge < -0.3 is 15.2 Å². The highest BCUT2D eigenvalue weighted by Crippen LogP contribution is 2.41. The Kier molecular flexibility index (Phi) is 4.72. The summed E-state index contributed by atoms with van der Waals surface area (Å²) in [5, 5.41) is 0. The molecule has 0 bridgehead atoms. The lowest BCUT2D eigenvalue weighted by Gasteiger charge is -2.37. The van der Waals surface area contributed by atoms with Gasteiger partial charge in [0, 0.05) is 19.1 Å². The first kappa shape index (κ1) is 15.1. The number of hydrogen-bond donors (Lipinski definition) is 1. The van der Waals surface area contributed by atoms with Crippen LogP contribution in [0.2, 0.25) is 0 Å². The molecule has 2 atom stereocenters. The Bertz CT molecular complexity index is 509. The third-order valence-corrected chi connectivity index (χ3v) is 4.95. The van der Waals surface area contributed by atoms with Gasteiger partial charge >= 0.3 is 0 Å². The van der Waals surface area contributed by atoms with E-state index in [1.165, 1.54) is 18.4 Å². The van der Waals surface area contributed by atoms with Crippen molar-refractivity contribution in [3.8, 4) is 11.5 Å². The van der Waals surface area contributed by atoms with Crippen LogP contribution >= 0.6 is 15.9 Å². The molecule has 3 rings (SSSR count). The van der Waals surface area contributed by atoms with Crippen LogP contribution in [0.25, 0.3) is 0 Å².